The van der Waals surface area contributed by atoms with Crippen molar-refractivity contribution in [1.29, 1.82) is 0 Å². The van der Waals surface area contributed by atoms with Crippen molar-refractivity contribution >= 4 is 13.7 Å². The summed E-state index contributed by atoms with van der Waals surface area (Å²) in [5.41, 5.74) is 0. The average Bonchev–Trinajstić information content (AvgIpc) is 2.22. The lowest BCUT2D eigenvalue weighted by Gasteiger charge is -2.32. The molecule has 1 rings (SSSR count). The smallest absolute Gasteiger partial charge is 0.396 e. The first-order chi connectivity index (χ1) is 7.90. The number of phosphoric ester groups is 1. The SMILES string of the molecule is O=C1CN(CCCO)CC(COP(=O)(O)O)N1. The van der Waals surface area contributed by atoms with Gasteiger partial charge in [0.1, 0.15) is 0 Å². The molecule has 0 saturated carbocycles. The number of phosphoric acid groups is 1. The molecule has 100 valence electrons. The van der Waals surface area contributed by atoms with Gasteiger partial charge in [-0.2, -0.15) is 0 Å². The molecule has 17 heavy (non-hydrogen) atoms. The third-order valence-electron chi connectivity index (χ3n) is 2.29. The topological polar surface area (TPSA) is 119 Å². The van der Waals surface area contributed by atoms with Gasteiger partial charge < -0.3 is 20.2 Å². The van der Waals surface area contributed by atoms with E-state index in [1.165, 1.54) is 0 Å². The minimum atomic E-state index is -4.50. The van der Waals surface area contributed by atoms with Crippen LogP contribution in [0.25, 0.3) is 0 Å². The van der Waals surface area contributed by atoms with Crippen LogP contribution in [0.5, 0.6) is 0 Å². The largest absolute Gasteiger partial charge is 0.469 e. The van der Waals surface area contributed by atoms with E-state index in [2.05, 4.69) is 9.84 Å². The highest BCUT2D eigenvalue weighted by Gasteiger charge is 2.26. The van der Waals surface area contributed by atoms with Crippen LogP contribution in [0.2, 0.25) is 0 Å². The zero-order valence-corrected chi connectivity index (χ0v) is 10.2. The molecule has 0 bridgehead atoms. The second-order valence-electron chi connectivity index (χ2n) is 3.86. The average molecular weight is 268 g/mol. The van der Waals surface area contributed by atoms with Gasteiger partial charge in [0.15, 0.2) is 0 Å². The van der Waals surface area contributed by atoms with Crippen LogP contribution >= 0.6 is 7.82 Å². The molecule has 1 aliphatic heterocycles. The Morgan fingerprint density at radius 2 is 2.24 bits per heavy atom. The van der Waals surface area contributed by atoms with E-state index in [1.807, 2.05) is 4.90 Å². The molecule has 0 radical (unpaired) electrons. The molecule has 1 aliphatic rings. The van der Waals surface area contributed by atoms with Gasteiger partial charge in [-0.1, -0.05) is 0 Å². The highest BCUT2D eigenvalue weighted by Crippen LogP contribution is 2.35. The van der Waals surface area contributed by atoms with Crippen LogP contribution in [-0.4, -0.2) is 64.6 Å². The van der Waals surface area contributed by atoms with Gasteiger partial charge in [0, 0.05) is 19.7 Å². The fourth-order valence-electron chi connectivity index (χ4n) is 1.64. The van der Waals surface area contributed by atoms with E-state index < -0.39 is 13.9 Å². The van der Waals surface area contributed by atoms with Gasteiger partial charge in [-0.15, -0.1) is 0 Å². The number of rotatable bonds is 6. The summed E-state index contributed by atoms with van der Waals surface area (Å²) in [6, 6.07) is -0.442. The molecule has 0 aromatic rings. The fourth-order valence-corrected chi connectivity index (χ4v) is 2.02. The monoisotopic (exact) mass is 268 g/mol. The highest BCUT2D eigenvalue weighted by molar-refractivity contribution is 7.46. The minimum Gasteiger partial charge on any atom is -0.396 e. The second-order valence-corrected chi connectivity index (χ2v) is 5.10. The van der Waals surface area contributed by atoms with Crippen LogP contribution in [0.3, 0.4) is 0 Å². The third kappa shape index (κ3) is 6.11. The minimum absolute atomic E-state index is 0.0434. The Morgan fingerprint density at radius 1 is 1.53 bits per heavy atom. The van der Waals surface area contributed by atoms with Gasteiger partial charge in [0.25, 0.3) is 0 Å². The molecular formula is C8H17N2O6P. The zero-order valence-electron chi connectivity index (χ0n) is 9.28. The molecule has 0 aromatic heterocycles. The van der Waals surface area contributed by atoms with E-state index in [0.29, 0.717) is 19.5 Å². The molecule has 1 heterocycles. The molecule has 1 amide bonds. The first-order valence-corrected chi connectivity index (χ1v) is 6.76. The summed E-state index contributed by atoms with van der Waals surface area (Å²) in [7, 11) is -4.50. The maximum absolute atomic E-state index is 11.3. The third-order valence-corrected chi connectivity index (χ3v) is 2.77. The van der Waals surface area contributed by atoms with E-state index in [0.717, 1.165) is 0 Å². The van der Waals surface area contributed by atoms with Crippen molar-refractivity contribution in [2.75, 3.05) is 32.8 Å². The van der Waals surface area contributed by atoms with Gasteiger partial charge in [-0.05, 0) is 6.42 Å². The number of hydrogen-bond acceptors (Lipinski definition) is 5. The number of hydrogen-bond donors (Lipinski definition) is 4. The van der Waals surface area contributed by atoms with Crippen molar-refractivity contribution in [2.45, 2.75) is 12.5 Å². The Hall–Kier alpha value is -0.500. The van der Waals surface area contributed by atoms with Crippen LogP contribution in [0.4, 0.5) is 0 Å². The second kappa shape index (κ2) is 6.44. The maximum atomic E-state index is 11.3. The Morgan fingerprint density at radius 3 is 2.82 bits per heavy atom. The van der Waals surface area contributed by atoms with Crippen LogP contribution in [0.15, 0.2) is 0 Å². The maximum Gasteiger partial charge on any atom is 0.469 e. The summed E-state index contributed by atoms with van der Waals surface area (Å²) in [5, 5.41) is 11.3. The lowest BCUT2D eigenvalue weighted by Crippen LogP contribution is -2.55. The van der Waals surface area contributed by atoms with Crippen LogP contribution in [-0.2, 0) is 13.9 Å². The number of aliphatic hydroxyl groups excluding tert-OH is 1. The quantitative estimate of drug-likeness (QED) is 0.423. The summed E-state index contributed by atoms with van der Waals surface area (Å²) in [6.45, 7) is 1.06. The number of piperazine rings is 1. The Labute approximate surface area is 98.8 Å². The number of carbonyl (C=O) groups is 1. The van der Waals surface area contributed by atoms with Crippen molar-refractivity contribution in [1.82, 2.24) is 10.2 Å². The first kappa shape index (κ1) is 14.6. The number of amides is 1. The summed E-state index contributed by atoms with van der Waals surface area (Å²) >= 11 is 0. The summed E-state index contributed by atoms with van der Waals surface area (Å²) in [4.78, 5) is 30.2. The van der Waals surface area contributed by atoms with Crippen molar-refractivity contribution in [3.8, 4) is 0 Å². The van der Waals surface area contributed by atoms with Crippen molar-refractivity contribution in [2.24, 2.45) is 0 Å². The van der Waals surface area contributed by atoms with Crippen LogP contribution in [0.1, 0.15) is 6.42 Å². The summed E-state index contributed by atoms with van der Waals surface area (Å²) < 4.78 is 14.9. The molecule has 1 saturated heterocycles. The number of nitrogens with zero attached hydrogens (tertiary/aromatic N) is 1. The van der Waals surface area contributed by atoms with Gasteiger partial charge in [0.05, 0.1) is 19.2 Å². The van der Waals surface area contributed by atoms with Gasteiger partial charge in [0.2, 0.25) is 5.91 Å². The molecule has 0 spiro atoms. The number of aliphatic hydroxyl groups is 1. The van der Waals surface area contributed by atoms with E-state index in [9.17, 15) is 9.36 Å². The molecule has 0 aliphatic carbocycles. The van der Waals surface area contributed by atoms with Gasteiger partial charge >= 0.3 is 7.82 Å². The molecule has 9 heteroatoms. The summed E-state index contributed by atoms with van der Waals surface area (Å²) in [5.74, 6) is -0.214. The normalized spacial score (nSPS) is 22.5. The lowest BCUT2D eigenvalue weighted by atomic mass is 10.2. The fraction of sp³-hybridized carbons (Fsp3) is 0.875. The van der Waals surface area contributed by atoms with E-state index in [-0.39, 0.29) is 25.7 Å². The Balaban J connectivity index is 2.39. The van der Waals surface area contributed by atoms with Gasteiger partial charge in [-0.3, -0.25) is 14.2 Å². The summed E-state index contributed by atoms with van der Waals surface area (Å²) in [6.07, 6.45) is 0.555. The molecular weight excluding hydrogens is 251 g/mol. The van der Waals surface area contributed by atoms with Crippen molar-refractivity contribution in [3.63, 3.8) is 0 Å². The predicted molar refractivity (Wildman–Crippen MR) is 58.1 cm³/mol. The Bertz CT molecular complexity index is 306. The molecule has 1 unspecified atom stereocenters. The standard InChI is InChI=1S/C8H17N2O6P/c11-3-1-2-10-4-7(9-8(12)5-10)6-16-17(13,14)15/h7,11H,1-6H2,(H,9,12)(H2,13,14,15). The molecule has 1 fully saturated rings. The Kier molecular flexibility index (Phi) is 5.51. The number of carbonyl (C=O) groups excluding carboxylic acids is 1. The number of nitrogens with one attached hydrogen (secondary N) is 1. The van der Waals surface area contributed by atoms with E-state index in [4.69, 9.17) is 14.9 Å². The lowest BCUT2D eigenvalue weighted by molar-refractivity contribution is -0.126. The van der Waals surface area contributed by atoms with E-state index >= 15 is 0 Å². The van der Waals surface area contributed by atoms with Crippen LogP contribution in [0, 0.1) is 0 Å². The predicted octanol–water partition coefficient (Wildman–Crippen LogP) is -1.72. The molecule has 1 atom stereocenters. The molecule has 4 N–H and O–H groups in total. The molecule has 8 nitrogen and oxygen atoms in total. The van der Waals surface area contributed by atoms with Gasteiger partial charge in [-0.25, -0.2) is 4.57 Å². The zero-order chi connectivity index (χ0) is 12.9. The van der Waals surface area contributed by atoms with Crippen molar-refractivity contribution in [3.05, 3.63) is 0 Å². The molecule has 0 aromatic carbocycles. The van der Waals surface area contributed by atoms with Crippen LogP contribution < -0.4 is 5.32 Å². The first-order valence-electron chi connectivity index (χ1n) is 5.23. The van der Waals surface area contributed by atoms with Crippen molar-refractivity contribution < 1.29 is 28.8 Å². The highest BCUT2D eigenvalue weighted by atomic mass is 31.2. The van der Waals surface area contributed by atoms with E-state index in [1.54, 1.807) is 0 Å².